The molecule has 2 rings (SSSR count). The second-order valence-corrected chi connectivity index (χ2v) is 5.09. The first-order valence-corrected chi connectivity index (χ1v) is 7.17. The van der Waals surface area contributed by atoms with E-state index in [2.05, 4.69) is 38.1 Å². The standard InChI is InChI=1S/C17H24/c1-3-5-8-14-12-13-15(9-6-4-2)17-11-7-10-16(14)17/h7,10,12-13H,3-6,8-9,11H2,1-2H3. The van der Waals surface area contributed by atoms with Crippen molar-refractivity contribution in [2.45, 2.75) is 58.8 Å². The molecule has 0 saturated carbocycles. The Balaban J connectivity index is 2.21. The van der Waals surface area contributed by atoms with Gasteiger partial charge in [0, 0.05) is 0 Å². The number of allylic oxidation sites excluding steroid dienone is 1. The van der Waals surface area contributed by atoms with Gasteiger partial charge < -0.3 is 0 Å². The topological polar surface area (TPSA) is 0 Å². The van der Waals surface area contributed by atoms with Crippen LogP contribution in [-0.4, -0.2) is 0 Å². The monoisotopic (exact) mass is 228 g/mol. The van der Waals surface area contributed by atoms with E-state index in [-0.39, 0.29) is 0 Å². The van der Waals surface area contributed by atoms with Crippen molar-refractivity contribution in [3.8, 4) is 0 Å². The van der Waals surface area contributed by atoms with Crippen LogP contribution in [0.15, 0.2) is 18.2 Å². The van der Waals surface area contributed by atoms with Crippen LogP contribution < -0.4 is 0 Å². The summed E-state index contributed by atoms with van der Waals surface area (Å²) in [5.74, 6) is 0. The van der Waals surface area contributed by atoms with E-state index < -0.39 is 0 Å². The Kier molecular flexibility index (Phi) is 4.42. The number of aryl methyl sites for hydroxylation is 2. The Morgan fingerprint density at radius 3 is 2.29 bits per heavy atom. The fraction of sp³-hybridized carbons (Fsp3) is 0.529. The molecule has 1 aliphatic carbocycles. The Morgan fingerprint density at radius 1 is 0.941 bits per heavy atom. The lowest BCUT2D eigenvalue weighted by Gasteiger charge is -2.12. The molecule has 0 aromatic heterocycles. The first-order chi connectivity index (χ1) is 8.36. The molecule has 17 heavy (non-hydrogen) atoms. The second-order valence-electron chi connectivity index (χ2n) is 5.09. The zero-order valence-corrected chi connectivity index (χ0v) is 11.3. The molecule has 92 valence electrons. The number of hydrogen-bond donors (Lipinski definition) is 0. The van der Waals surface area contributed by atoms with Crippen molar-refractivity contribution >= 4 is 6.08 Å². The van der Waals surface area contributed by atoms with Gasteiger partial charge in [-0.1, -0.05) is 51.0 Å². The summed E-state index contributed by atoms with van der Waals surface area (Å²) in [6.07, 6.45) is 13.6. The van der Waals surface area contributed by atoms with Crippen molar-refractivity contribution < 1.29 is 0 Å². The minimum atomic E-state index is 1.16. The lowest BCUT2D eigenvalue weighted by Crippen LogP contribution is -1.98. The van der Waals surface area contributed by atoms with E-state index in [1.165, 1.54) is 38.5 Å². The Hall–Kier alpha value is -1.04. The zero-order valence-electron chi connectivity index (χ0n) is 11.3. The molecule has 0 atom stereocenters. The van der Waals surface area contributed by atoms with Gasteiger partial charge in [-0.2, -0.15) is 0 Å². The summed E-state index contributed by atoms with van der Waals surface area (Å²) in [4.78, 5) is 0. The van der Waals surface area contributed by atoms with Gasteiger partial charge in [0.1, 0.15) is 0 Å². The number of hydrogen-bond acceptors (Lipinski definition) is 0. The minimum absolute atomic E-state index is 1.16. The van der Waals surface area contributed by atoms with E-state index in [1.54, 1.807) is 22.3 Å². The van der Waals surface area contributed by atoms with Crippen molar-refractivity contribution in [1.82, 2.24) is 0 Å². The Morgan fingerprint density at radius 2 is 1.59 bits per heavy atom. The van der Waals surface area contributed by atoms with Gasteiger partial charge >= 0.3 is 0 Å². The Labute approximate surface area is 106 Å². The maximum absolute atomic E-state index is 2.38. The molecule has 0 saturated heterocycles. The van der Waals surface area contributed by atoms with Crippen molar-refractivity contribution in [3.63, 3.8) is 0 Å². The van der Waals surface area contributed by atoms with Crippen molar-refractivity contribution in [2.75, 3.05) is 0 Å². The first-order valence-electron chi connectivity index (χ1n) is 7.17. The number of rotatable bonds is 6. The van der Waals surface area contributed by atoms with E-state index in [0.29, 0.717) is 0 Å². The highest BCUT2D eigenvalue weighted by Gasteiger charge is 2.13. The van der Waals surface area contributed by atoms with E-state index in [9.17, 15) is 0 Å². The van der Waals surface area contributed by atoms with Gasteiger partial charge in [-0.25, -0.2) is 0 Å². The molecular weight excluding hydrogens is 204 g/mol. The predicted octanol–water partition coefficient (Wildman–Crippen LogP) is 4.94. The maximum Gasteiger partial charge on any atom is -0.00853 e. The van der Waals surface area contributed by atoms with Gasteiger partial charge in [0.05, 0.1) is 0 Å². The highest BCUT2D eigenvalue weighted by atomic mass is 14.2. The lowest BCUT2D eigenvalue weighted by atomic mass is 9.93. The van der Waals surface area contributed by atoms with Crippen LogP contribution in [0.3, 0.4) is 0 Å². The van der Waals surface area contributed by atoms with Crippen molar-refractivity contribution in [2.24, 2.45) is 0 Å². The van der Waals surface area contributed by atoms with Gasteiger partial charge in [-0.3, -0.25) is 0 Å². The van der Waals surface area contributed by atoms with Crippen LogP contribution in [0, 0.1) is 0 Å². The molecule has 0 radical (unpaired) electrons. The molecule has 1 aromatic rings. The third-order valence-corrected chi connectivity index (χ3v) is 3.75. The zero-order chi connectivity index (χ0) is 12.1. The molecule has 0 unspecified atom stereocenters. The van der Waals surface area contributed by atoms with E-state index in [4.69, 9.17) is 0 Å². The average molecular weight is 228 g/mol. The van der Waals surface area contributed by atoms with Crippen LogP contribution in [-0.2, 0) is 19.3 Å². The summed E-state index contributed by atoms with van der Waals surface area (Å²) in [5, 5.41) is 0. The molecule has 0 nitrogen and oxygen atoms in total. The number of unbranched alkanes of at least 4 members (excludes halogenated alkanes) is 2. The van der Waals surface area contributed by atoms with E-state index >= 15 is 0 Å². The SMILES string of the molecule is CCCCc1ccc(CCCC)c2c1C=CC2. The Bertz CT molecular complexity index is 399. The van der Waals surface area contributed by atoms with Gasteiger partial charge in [0.25, 0.3) is 0 Å². The summed E-state index contributed by atoms with van der Waals surface area (Å²) >= 11 is 0. The fourth-order valence-electron chi connectivity index (χ4n) is 2.69. The van der Waals surface area contributed by atoms with Crippen LogP contribution in [0.4, 0.5) is 0 Å². The minimum Gasteiger partial charge on any atom is -0.0795 e. The van der Waals surface area contributed by atoms with Crippen LogP contribution >= 0.6 is 0 Å². The smallest absolute Gasteiger partial charge is 0.00853 e. The van der Waals surface area contributed by atoms with Crippen LogP contribution in [0.25, 0.3) is 6.08 Å². The number of benzene rings is 1. The molecule has 0 bridgehead atoms. The van der Waals surface area contributed by atoms with Gasteiger partial charge in [-0.15, -0.1) is 0 Å². The van der Waals surface area contributed by atoms with Crippen LogP contribution in [0.5, 0.6) is 0 Å². The average Bonchev–Trinajstić information content (AvgIpc) is 2.83. The molecule has 0 N–H and O–H groups in total. The van der Waals surface area contributed by atoms with E-state index in [0.717, 1.165) is 6.42 Å². The van der Waals surface area contributed by atoms with Crippen molar-refractivity contribution in [1.29, 1.82) is 0 Å². The third-order valence-electron chi connectivity index (χ3n) is 3.75. The van der Waals surface area contributed by atoms with Gasteiger partial charge in [-0.05, 0) is 54.4 Å². The summed E-state index contributed by atoms with van der Waals surface area (Å²) in [5.41, 5.74) is 6.32. The van der Waals surface area contributed by atoms with Crippen LogP contribution in [0.2, 0.25) is 0 Å². The largest absolute Gasteiger partial charge is 0.0795 e. The highest BCUT2D eigenvalue weighted by Crippen LogP contribution is 2.29. The highest BCUT2D eigenvalue weighted by molar-refractivity contribution is 5.65. The molecule has 0 fully saturated rings. The molecule has 0 spiro atoms. The van der Waals surface area contributed by atoms with Gasteiger partial charge in [0.2, 0.25) is 0 Å². The molecule has 0 aliphatic heterocycles. The van der Waals surface area contributed by atoms with Crippen LogP contribution in [0.1, 0.15) is 61.8 Å². The molecule has 0 heteroatoms. The molecule has 0 amide bonds. The molecule has 1 aromatic carbocycles. The summed E-state index contributed by atoms with van der Waals surface area (Å²) < 4.78 is 0. The third kappa shape index (κ3) is 2.80. The molecular formula is C17H24. The lowest BCUT2D eigenvalue weighted by molar-refractivity contribution is 0.780. The summed E-state index contributed by atoms with van der Waals surface area (Å²) in [7, 11) is 0. The van der Waals surface area contributed by atoms with E-state index in [1.807, 2.05) is 0 Å². The second kappa shape index (κ2) is 6.05. The quantitative estimate of drug-likeness (QED) is 0.647. The molecule has 1 aliphatic rings. The maximum atomic E-state index is 2.38. The first kappa shape index (κ1) is 12.4. The van der Waals surface area contributed by atoms with Crippen molar-refractivity contribution in [3.05, 3.63) is 40.5 Å². The molecule has 0 heterocycles. The number of fused-ring (bicyclic) bond motifs is 1. The normalized spacial score (nSPS) is 13.1. The summed E-state index contributed by atoms with van der Waals surface area (Å²) in [6.45, 7) is 4.54. The fourth-order valence-corrected chi connectivity index (χ4v) is 2.69. The predicted molar refractivity (Wildman–Crippen MR) is 76.4 cm³/mol. The van der Waals surface area contributed by atoms with Gasteiger partial charge in [0.15, 0.2) is 0 Å². The summed E-state index contributed by atoms with van der Waals surface area (Å²) in [6, 6.07) is 4.75.